The Bertz CT molecular complexity index is 993. The molecule has 3 aromatic rings. The lowest BCUT2D eigenvalue weighted by Gasteiger charge is -2.42. The average Bonchev–Trinajstić information content (AvgIpc) is 2.93. The highest BCUT2D eigenvalue weighted by atomic mass is 16.2. The summed E-state index contributed by atoms with van der Waals surface area (Å²) in [5, 5.41) is 8.16. The zero-order valence-corrected chi connectivity index (χ0v) is 16.1. The Hall–Kier alpha value is -3.08. The van der Waals surface area contributed by atoms with Gasteiger partial charge in [0, 0.05) is 24.0 Å². The van der Waals surface area contributed by atoms with Crippen LogP contribution in [0.4, 0.5) is 5.69 Å². The standard InChI is InChI=1S/C22H24N4O/c1-14-20(16(3)25(4)24-14)21-23-19-13-9-8-12-18(19)22(27)26(21)15(2)17-10-6-5-7-11-17/h5-13,15,21,23H,1-4H3. The highest BCUT2D eigenvalue weighted by molar-refractivity contribution is 6.02. The van der Waals surface area contributed by atoms with E-state index >= 15 is 0 Å². The number of hydrogen-bond acceptors (Lipinski definition) is 3. The van der Waals surface area contributed by atoms with E-state index < -0.39 is 0 Å². The number of hydrogen-bond donors (Lipinski definition) is 1. The number of nitrogens with one attached hydrogen (secondary N) is 1. The number of carbonyl (C=O) groups is 1. The lowest BCUT2D eigenvalue weighted by Crippen LogP contribution is -2.44. The predicted octanol–water partition coefficient (Wildman–Crippen LogP) is 4.36. The largest absolute Gasteiger partial charge is 0.361 e. The number of anilines is 1. The van der Waals surface area contributed by atoms with Crippen molar-refractivity contribution < 1.29 is 4.79 Å². The van der Waals surface area contributed by atoms with Gasteiger partial charge in [-0.2, -0.15) is 5.10 Å². The molecule has 4 rings (SSSR count). The Morgan fingerprint density at radius 1 is 1.04 bits per heavy atom. The first-order valence-corrected chi connectivity index (χ1v) is 9.22. The Balaban J connectivity index is 1.87. The van der Waals surface area contributed by atoms with Crippen LogP contribution in [0.15, 0.2) is 54.6 Å². The van der Waals surface area contributed by atoms with Crippen molar-refractivity contribution in [3.63, 3.8) is 0 Å². The number of aryl methyl sites for hydroxylation is 2. The minimum Gasteiger partial charge on any atom is -0.361 e. The molecule has 0 aliphatic carbocycles. The number of fused-ring (bicyclic) bond motifs is 1. The second kappa shape index (κ2) is 6.58. The molecule has 2 atom stereocenters. The molecular weight excluding hydrogens is 336 g/mol. The summed E-state index contributed by atoms with van der Waals surface area (Å²) < 4.78 is 1.88. The van der Waals surface area contributed by atoms with Crippen LogP contribution in [0.25, 0.3) is 0 Å². The summed E-state index contributed by atoms with van der Waals surface area (Å²) in [7, 11) is 1.94. The van der Waals surface area contributed by atoms with E-state index in [1.54, 1.807) is 0 Å². The van der Waals surface area contributed by atoms with Gasteiger partial charge < -0.3 is 10.2 Å². The normalized spacial score (nSPS) is 17.4. The summed E-state index contributed by atoms with van der Waals surface area (Å²) in [6, 6.07) is 17.8. The lowest BCUT2D eigenvalue weighted by atomic mass is 9.98. The van der Waals surface area contributed by atoms with Gasteiger partial charge in [-0.05, 0) is 38.5 Å². The van der Waals surface area contributed by atoms with E-state index in [0.717, 1.165) is 28.2 Å². The van der Waals surface area contributed by atoms with Gasteiger partial charge in [-0.25, -0.2) is 0 Å². The van der Waals surface area contributed by atoms with E-state index in [1.165, 1.54) is 0 Å². The fraction of sp³-hybridized carbons (Fsp3) is 0.273. The third-order valence-electron chi connectivity index (χ3n) is 5.50. The van der Waals surface area contributed by atoms with Crippen LogP contribution < -0.4 is 5.32 Å². The van der Waals surface area contributed by atoms with Gasteiger partial charge in [-0.15, -0.1) is 0 Å². The monoisotopic (exact) mass is 360 g/mol. The first kappa shape index (κ1) is 17.3. The van der Waals surface area contributed by atoms with Gasteiger partial charge in [0.1, 0.15) is 6.17 Å². The van der Waals surface area contributed by atoms with Crippen LogP contribution in [-0.2, 0) is 7.05 Å². The fourth-order valence-corrected chi connectivity index (χ4v) is 3.96. The molecule has 2 heterocycles. The zero-order valence-electron chi connectivity index (χ0n) is 16.1. The second-order valence-electron chi connectivity index (χ2n) is 7.10. The van der Waals surface area contributed by atoms with Crippen LogP contribution in [0.5, 0.6) is 0 Å². The topological polar surface area (TPSA) is 50.2 Å². The second-order valence-corrected chi connectivity index (χ2v) is 7.10. The van der Waals surface area contributed by atoms with Gasteiger partial charge in [0.15, 0.2) is 0 Å². The van der Waals surface area contributed by atoms with E-state index in [2.05, 4.69) is 29.5 Å². The van der Waals surface area contributed by atoms with Crippen molar-refractivity contribution in [1.29, 1.82) is 0 Å². The van der Waals surface area contributed by atoms with E-state index in [0.29, 0.717) is 5.56 Å². The van der Waals surface area contributed by atoms with Crippen molar-refractivity contribution in [3.05, 3.63) is 82.7 Å². The maximum atomic E-state index is 13.5. The molecule has 1 N–H and O–H groups in total. The third-order valence-corrected chi connectivity index (χ3v) is 5.50. The number of carbonyl (C=O) groups excluding carboxylic acids is 1. The van der Waals surface area contributed by atoms with Gasteiger partial charge in [0.25, 0.3) is 5.91 Å². The lowest BCUT2D eigenvalue weighted by molar-refractivity contribution is 0.0595. The zero-order chi connectivity index (χ0) is 19.1. The van der Waals surface area contributed by atoms with E-state index in [-0.39, 0.29) is 18.1 Å². The van der Waals surface area contributed by atoms with Crippen LogP contribution in [-0.4, -0.2) is 20.6 Å². The minimum atomic E-state index is -0.267. The fourth-order valence-electron chi connectivity index (χ4n) is 3.96. The summed E-state index contributed by atoms with van der Waals surface area (Å²) in [4.78, 5) is 15.4. The smallest absolute Gasteiger partial charge is 0.258 e. The molecular formula is C22H24N4O. The molecule has 2 unspecified atom stereocenters. The molecule has 1 amide bonds. The molecule has 1 aliphatic heterocycles. The van der Waals surface area contributed by atoms with Gasteiger partial charge in [-0.1, -0.05) is 42.5 Å². The quantitative estimate of drug-likeness (QED) is 0.755. The molecule has 1 aromatic heterocycles. The average molecular weight is 360 g/mol. The van der Waals surface area contributed by atoms with E-state index in [9.17, 15) is 4.79 Å². The van der Waals surface area contributed by atoms with Crippen LogP contribution in [0.3, 0.4) is 0 Å². The van der Waals surface area contributed by atoms with E-state index in [1.807, 2.05) is 72.9 Å². The molecule has 5 nitrogen and oxygen atoms in total. The predicted molar refractivity (Wildman–Crippen MR) is 107 cm³/mol. The number of nitrogens with zero attached hydrogens (tertiary/aromatic N) is 3. The summed E-state index contributed by atoms with van der Waals surface area (Å²) in [5.41, 5.74) is 5.73. The summed E-state index contributed by atoms with van der Waals surface area (Å²) >= 11 is 0. The molecule has 27 heavy (non-hydrogen) atoms. The molecule has 0 spiro atoms. The number of rotatable bonds is 3. The van der Waals surface area contributed by atoms with Crippen LogP contribution in [0, 0.1) is 13.8 Å². The number of para-hydroxylation sites is 1. The third kappa shape index (κ3) is 2.79. The highest BCUT2D eigenvalue weighted by Crippen LogP contribution is 2.40. The summed E-state index contributed by atoms with van der Waals surface area (Å²) in [6.45, 7) is 6.13. The number of aromatic nitrogens is 2. The SMILES string of the molecule is Cc1nn(C)c(C)c1C1Nc2ccccc2C(=O)N1C(C)c1ccccc1. The molecule has 0 bridgehead atoms. The van der Waals surface area contributed by atoms with Gasteiger partial charge in [0.2, 0.25) is 0 Å². The van der Waals surface area contributed by atoms with Crippen LogP contribution in [0.2, 0.25) is 0 Å². The van der Waals surface area contributed by atoms with Crippen molar-refractivity contribution in [3.8, 4) is 0 Å². The molecule has 0 fully saturated rings. The Labute approximate surface area is 159 Å². The highest BCUT2D eigenvalue weighted by Gasteiger charge is 2.38. The summed E-state index contributed by atoms with van der Waals surface area (Å²) in [5.74, 6) is 0.0355. The molecule has 0 saturated carbocycles. The molecule has 1 aliphatic rings. The molecule has 2 aromatic carbocycles. The Morgan fingerprint density at radius 2 is 1.70 bits per heavy atom. The van der Waals surface area contributed by atoms with Gasteiger partial charge >= 0.3 is 0 Å². The number of amides is 1. The first-order chi connectivity index (χ1) is 13.0. The Kier molecular flexibility index (Phi) is 4.22. The van der Waals surface area contributed by atoms with Gasteiger partial charge in [-0.3, -0.25) is 9.48 Å². The van der Waals surface area contributed by atoms with Crippen molar-refractivity contribution in [2.24, 2.45) is 7.05 Å². The van der Waals surface area contributed by atoms with Crippen molar-refractivity contribution in [2.75, 3.05) is 5.32 Å². The maximum Gasteiger partial charge on any atom is 0.258 e. The molecule has 0 radical (unpaired) electrons. The number of benzene rings is 2. The molecule has 5 heteroatoms. The molecule has 0 saturated heterocycles. The van der Waals surface area contributed by atoms with Crippen LogP contribution >= 0.6 is 0 Å². The van der Waals surface area contributed by atoms with Crippen molar-refractivity contribution in [1.82, 2.24) is 14.7 Å². The van der Waals surface area contributed by atoms with Gasteiger partial charge in [0.05, 0.1) is 17.3 Å². The maximum absolute atomic E-state index is 13.5. The van der Waals surface area contributed by atoms with E-state index in [4.69, 9.17) is 0 Å². The van der Waals surface area contributed by atoms with Crippen LogP contribution in [0.1, 0.15) is 52.0 Å². The summed E-state index contributed by atoms with van der Waals surface area (Å²) in [6.07, 6.45) is -0.267. The molecule has 138 valence electrons. The Morgan fingerprint density at radius 3 is 2.37 bits per heavy atom. The minimum absolute atomic E-state index is 0.0355. The van der Waals surface area contributed by atoms with Crippen molar-refractivity contribution in [2.45, 2.75) is 33.0 Å². The first-order valence-electron chi connectivity index (χ1n) is 9.22. The van der Waals surface area contributed by atoms with Crippen molar-refractivity contribution >= 4 is 11.6 Å².